The predicted molar refractivity (Wildman–Crippen MR) is 65.7 cm³/mol. The van der Waals surface area contributed by atoms with Crippen molar-refractivity contribution in [3.05, 3.63) is 0 Å². The van der Waals surface area contributed by atoms with E-state index in [-0.39, 0.29) is 18.9 Å². The third kappa shape index (κ3) is 5.45. The molecule has 2 atom stereocenters. The van der Waals surface area contributed by atoms with Gasteiger partial charge in [-0.15, -0.1) is 0 Å². The van der Waals surface area contributed by atoms with E-state index in [1.54, 1.807) is 20.8 Å². The zero-order chi connectivity index (χ0) is 14.6. The van der Waals surface area contributed by atoms with E-state index in [0.717, 1.165) is 0 Å². The van der Waals surface area contributed by atoms with Gasteiger partial charge in [-0.2, -0.15) is 0 Å². The minimum Gasteiger partial charge on any atom is -0.465 e. The van der Waals surface area contributed by atoms with Crippen LogP contribution in [-0.4, -0.2) is 47.4 Å². The average molecular weight is 273 g/mol. The molecule has 1 fully saturated rings. The molecule has 8 heteroatoms. The molecule has 0 aromatic heterocycles. The first-order chi connectivity index (χ1) is 8.67. The second-order valence-corrected chi connectivity index (χ2v) is 5.32. The lowest BCUT2D eigenvalue weighted by atomic mass is 10.0. The van der Waals surface area contributed by atoms with Crippen molar-refractivity contribution in [1.82, 2.24) is 16.0 Å². The van der Waals surface area contributed by atoms with Crippen LogP contribution < -0.4 is 16.0 Å². The minimum absolute atomic E-state index is 0.0211. The molecule has 1 aliphatic rings. The molecular weight excluding hydrogens is 254 g/mol. The maximum absolute atomic E-state index is 11.6. The molecule has 0 aromatic rings. The van der Waals surface area contributed by atoms with Crippen molar-refractivity contribution in [3.8, 4) is 0 Å². The summed E-state index contributed by atoms with van der Waals surface area (Å²) in [6.07, 6.45) is -1.91. The molecule has 19 heavy (non-hydrogen) atoms. The molecule has 3 amide bonds. The summed E-state index contributed by atoms with van der Waals surface area (Å²) >= 11 is 0. The van der Waals surface area contributed by atoms with Crippen LogP contribution in [0.15, 0.2) is 0 Å². The Balaban J connectivity index is 2.60. The molecule has 0 saturated carbocycles. The van der Waals surface area contributed by atoms with Crippen LogP contribution in [0.1, 0.15) is 27.2 Å². The molecule has 8 nitrogen and oxygen atoms in total. The highest BCUT2D eigenvalue weighted by Crippen LogP contribution is 2.09. The van der Waals surface area contributed by atoms with Gasteiger partial charge in [-0.05, 0) is 20.8 Å². The number of amides is 3. The predicted octanol–water partition coefficient (Wildman–Crippen LogP) is 0.0358. The highest BCUT2D eigenvalue weighted by atomic mass is 16.6. The fourth-order valence-electron chi connectivity index (χ4n) is 1.70. The van der Waals surface area contributed by atoms with Gasteiger partial charge in [0, 0.05) is 13.0 Å². The largest absolute Gasteiger partial charge is 0.465 e. The van der Waals surface area contributed by atoms with Crippen LogP contribution in [0.2, 0.25) is 0 Å². The quantitative estimate of drug-likeness (QED) is 0.566. The maximum atomic E-state index is 11.6. The van der Waals surface area contributed by atoms with Crippen molar-refractivity contribution >= 4 is 18.1 Å². The van der Waals surface area contributed by atoms with E-state index in [0.29, 0.717) is 0 Å². The Labute approximate surface area is 110 Å². The number of alkyl carbamates (subject to hydrolysis) is 1. The standard InChI is InChI=1S/C11H19N3O5/c1-11(2,3)19-10(18)14-7-5-12-8(15)4-6(7)13-9(16)17/h6-7,13H,4-5H2,1-3H3,(H,12,15)(H,14,18)(H,16,17)/t6-,7-/m0/s1. The van der Waals surface area contributed by atoms with Crippen LogP contribution >= 0.6 is 0 Å². The van der Waals surface area contributed by atoms with Gasteiger partial charge in [-0.1, -0.05) is 0 Å². The second kappa shape index (κ2) is 5.77. The molecule has 0 bridgehead atoms. The van der Waals surface area contributed by atoms with E-state index in [2.05, 4.69) is 16.0 Å². The summed E-state index contributed by atoms with van der Waals surface area (Å²) in [5.74, 6) is -0.263. The lowest BCUT2D eigenvalue weighted by Gasteiger charge is -2.32. The fraction of sp³-hybridized carbons (Fsp3) is 0.727. The maximum Gasteiger partial charge on any atom is 0.408 e. The first kappa shape index (κ1) is 15.1. The molecule has 0 unspecified atom stereocenters. The number of carbonyl (C=O) groups is 3. The molecule has 1 heterocycles. The zero-order valence-corrected chi connectivity index (χ0v) is 11.1. The Bertz CT molecular complexity index is 375. The summed E-state index contributed by atoms with van der Waals surface area (Å²) in [5, 5.41) is 16.0. The van der Waals surface area contributed by atoms with E-state index in [4.69, 9.17) is 9.84 Å². The summed E-state index contributed by atoms with van der Waals surface area (Å²) in [6.45, 7) is 5.33. The van der Waals surface area contributed by atoms with Crippen LogP contribution in [0.5, 0.6) is 0 Å². The lowest BCUT2D eigenvalue weighted by molar-refractivity contribution is -0.123. The summed E-state index contributed by atoms with van der Waals surface area (Å²) < 4.78 is 5.08. The molecule has 0 radical (unpaired) electrons. The third-order valence-corrected chi connectivity index (χ3v) is 2.42. The van der Waals surface area contributed by atoms with E-state index in [1.165, 1.54) is 0 Å². The van der Waals surface area contributed by atoms with Gasteiger partial charge in [-0.3, -0.25) is 4.79 Å². The van der Waals surface area contributed by atoms with Gasteiger partial charge in [0.2, 0.25) is 5.91 Å². The lowest BCUT2D eigenvalue weighted by Crippen LogP contribution is -2.61. The van der Waals surface area contributed by atoms with Gasteiger partial charge in [0.25, 0.3) is 0 Å². The van der Waals surface area contributed by atoms with Gasteiger partial charge in [-0.25, -0.2) is 9.59 Å². The van der Waals surface area contributed by atoms with Gasteiger partial charge < -0.3 is 25.8 Å². The van der Waals surface area contributed by atoms with Crippen molar-refractivity contribution in [2.24, 2.45) is 0 Å². The summed E-state index contributed by atoms with van der Waals surface area (Å²) in [6, 6.07) is -1.21. The Morgan fingerprint density at radius 1 is 1.32 bits per heavy atom. The molecular formula is C11H19N3O5. The summed E-state index contributed by atoms with van der Waals surface area (Å²) in [4.78, 5) is 33.5. The summed E-state index contributed by atoms with van der Waals surface area (Å²) in [5.41, 5.74) is -0.641. The number of carbonyl (C=O) groups excluding carboxylic acids is 2. The highest BCUT2D eigenvalue weighted by Gasteiger charge is 2.32. The van der Waals surface area contributed by atoms with Crippen LogP contribution in [0, 0.1) is 0 Å². The van der Waals surface area contributed by atoms with Crippen molar-refractivity contribution < 1.29 is 24.2 Å². The number of rotatable bonds is 2. The van der Waals surface area contributed by atoms with Gasteiger partial charge >= 0.3 is 12.2 Å². The molecule has 4 N–H and O–H groups in total. The molecule has 0 aromatic carbocycles. The number of carboxylic acid groups (broad SMARTS) is 1. The SMILES string of the molecule is CC(C)(C)OC(=O)N[C@H]1CNC(=O)C[C@@H]1NC(=O)O. The first-order valence-electron chi connectivity index (χ1n) is 5.93. The molecule has 0 aliphatic carbocycles. The van der Waals surface area contributed by atoms with Crippen LogP contribution in [0.4, 0.5) is 9.59 Å². The number of hydrogen-bond acceptors (Lipinski definition) is 4. The van der Waals surface area contributed by atoms with E-state index in [1.807, 2.05) is 0 Å². The average Bonchev–Trinajstić information content (AvgIpc) is 2.18. The zero-order valence-electron chi connectivity index (χ0n) is 11.1. The van der Waals surface area contributed by atoms with Gasteiger partial charge in [0.1, 0.15) is 5.60 Å². The number of piperidine rings is 1. The van der Waals surface area contributed by atoms with Crippen molar-refractivity contribution in [1.29, 1.82) is 0 Å². The fourth-order valence-corrected chi connectivity index (χ4v) is 1.70. The first-order valence-corrected chi connectivity index (χ1v) is 5.93. The molecule has 1 saturated heterocycles. The molecule has 1 aliphatic heterocycles. The highest BCUT2D eigenvalue weighted by molar-refractivity contribution is 5.79. The van der Waals surface area contributed by atoms with E-state index < -0.39 is 29.9 Å². The number of hydrogen-bond donors (Lipinski definition) is 4. The van der Waals surface area contributed by atoms with E-state index >= 15 is 0 Å². The number of nitrogens with one attached hydrogen (secondary N) is 3. The Morgan fingerprint density at radius 2 is 1.95 bits per heavy atom. The van der Waals surface area contributed by atoms with Crippen LogP contribution in [-0.2, 0) is 9.53 Å². The topological polar surface area (TPSA) is 117 Å². The smallest absolute Gasteiger partial charge is 0.408 e. The normalized spacial score (nSPS) is 23.2. The molecule has 0 spiro atoms. The van der Waals surface area contributed by atoms with E-state index in [9.17, 15) is 14.4 Å². The number of ether oxygens (including phenoxy) is 1. The van der Waals surface area contributed by atoms with Gasteiger partial charge in [0.15, 0.2) is 0 Å². The monoisotopic (exact) mass is 273 g/mol. The second-order valence-electron chi connectivity index (χ2n) is 5.32. The Kier molecular flexibility index (Phi) is 4.57. The van der Waals surface area contributed by atoms with Crippen LogP contribution in [0.3, 0.4) is 0 Å². The Hall–Kier alpha value is -1.99. The van der Waals surface area contributed by atoms with Crippen molar-refractivity contribution in [2.75, 3.05) is 6.54 Å². The third-order valence-electron chi connectivity index (χ3n) is 2.42. The Morgan fingerprint density at radius 3 is 2.47 bits per heavy atom. The summed E-state index contributed by atoms with van der Waals surface area (Å²) in [7, 11) is 0. The van der Waals surface area contributed by atoms with Crippen molar-refractivity contribution in [2.45, 2.75) is 44.9 Å². The van der Waals surface area contributed by atoms with Crippen molar-refractivity contribution in [3.63, 3.8) is 0 Å². The van der Waals surface area contributed by atoms with Gasteiger partial charge in [0.05, 0.1) is 12.1 Å². The minimum atomic E-state index is -1.24. The molecule has 1 rings (SSSR count). The molecule has 108 valence electrons. The van der Waals surface area contributed by atoms with Crippen LogP contribution in [0.25, 0.3) is 0 Å².